The van der Waals surface area contributed by atoms with Crippen molar-refractivity contribution in [2.45, 2.75) is 38.1 Å². The van der Waals surface area contributed by atoms with Gasteiger partial charge in [-0.1, -0.05) is 61.9 Å². The maximum absolute atomic E-state index is 12.3. The van der Waals surface area contributed by atoms with Crippen molar-refractivity contribution in [1.82, 2.24) is 5.32 Å². The first-order valence-corrected chi connectivity index (χ1v) is 9.07. The normalized spacial score (nSPS) is 12.2. The average Bonchev–Trinajstić information content (AvgIpc) is 2.54. The van der Waals surface area contributed by atoms with Gasteiger partial charge in [0, 0.05) is 4.90 Å². The van der Waals surface area contributed by atoms with Crippen molar-refractivity contribution in [2.24, 2.45) is 5.92 Å². The molecule has 1 N–H and O–H groups in total. The lowest BCUT2D eigenvalue weighted by Gasteiger charge is -2.21. The molecule has 0 bridgehead atoms. The first-order chi connectivity index (χ1) is 11.0. The quantitative estimate of drug-likeness (QED) is 0.726. The highest BCUT2D eigenvalue weighted by Gasteiger charge is 2.16. The Hall–Kier alpha value is -1.74. The van der Waals surface area contributed by atoms with Crippen LogP contribution in [0.4, 0.5) is 0 Å². The molecule has 0 saturated carbocycles. The molecule has 0 fully saturated rings. The van der Waals surface area contributed by atoms with Gasteiger partial charge in [-0.15, -0.1) is 11.8 Å². The summed E-state index contributed by atoms with van der Waals surface area (Å²) in [5.74, 6) is 1.07. The zero-order valence-electron chi connectivity index (χ0n) is 14.1. The van der Waals surface area contributed by atoms with Crippen LogP contribution < -0.4 is 5.32 Å². The van der Waals surface area contributed by atoms with Crippen LogP contribution in [0.2, 0.25) is 0 Å². The fourth-order valence-electron chi connectivity index (χ4n) is 2.45. The third kappa shape index (κ3) is 6.11. The minimum atomic E-state index is 0.0855. The van der Waals surface area contributed by atoms with Crippen LogP contribution in [0, 0.1) is 12.8 Å². The van der Waals surface area contributed by atoms with Crippen LogP contribution in [0.1, 0.15) is 37.4 Å². The molecule has 0 spiro atoms. The number of carbonyl (C=O) groups is 1. The number of rotatable bonds is 7. The lowest BCUT2D eigenvalue weighted by atomic mass is 9.97. The Balaban J connectivity index is 1.93. The Labute approximate surface area is 143 Å². The summed E-state index contributed by atoms with van der Waals surface area (Å²) in [6, 6.07) is 18.6. The van der Waals surface area contributed by atoms with E-state index >= 15 is 0 Å². The standard InChI is InChI=1S/C20H25NOS/c1-15(2)13-19(17-7-5-4-6-8-17)21-20(22)14-23-18-11-9-16(3)10-12-18/h4-12,15,19H,13-14H2,1-3H3,(H,21,22)/t19-/m0/s1. The van der Waals surface area contributed by atoms with Crippen molar-refractivity contribution in [3.63, 3.8) is 0 Å². The van der Waals surface area contributed by atoms with E-state index in [1.807, 2.05) is 18.2 Å². The number of thioether (sulfide) groups is 1. The minimum Gasteiger partial charge on any atom is -0.349 e. The molecular weight excluding hydrogens is 302 g/mol. The molecule has 0 saturated heterocycles. The predicted molar refractivity (Wildman–Crippen MR) is 98.7 cm³/mol. The van der Waals surface area contributed by atoms with Crippen molar-refractivity contribution in [1.29, 1.82) is 0 Å². The van der Waals surface area contributed by atoms with E-state index in [0.29, 0.717) is 11.7 Å². The molecule has 0 aromatic heterocycles. The van der Waals surface area contributed by atoms with Gasteiger partial charge in [0.2, 0.25) is 5.91 Å². The first kappa shape index (κ1) is 17.6. The van der Waals surface area contributed by atoms with E-state index in [4.69, 9.17) is 0 Å². The van der Waals surface area contributed by atoms with Crippen LogP contribution in [0.25, 0.3) is 0 Å². The van der Waals surface area contributed by atoms with E-state index in [1.54, 1.807) is 11.8 Å². The van der Waals surface area contributed by atoms with Crippen molar-refractivity contribution >= 4 is 17.7 Å². The number of nitrogens with one attached hydrogen (secondary N) is 1. The lowest BCUT2D eigenvalue weighted by molar-refractivity contribution is -0.119. The Morgan fingerprint density at radius 1 is 1.04 bits per heavy atom. The van der Waals surface area contributed by atoms with Crippen molar-refractivity contribution < 1.29 is 4.79 Å². The highest BCUT2D eigenvalue weighted by atomic mass is 32.2. The Kier molecular flexibility index (Phi) is 6.72. The molecule has 0 aliphatic rings. The fourth-order valence-corrected chi connectivity index (χ4v) is 3.16. The molecule has 122 valence electrons. The second kappa shape index (κ2) is 8.78. The Morgan fingerprint density at radius 2 is 1.70 bits per heavy atom. The molecule has 0 aliphatic heterocycles. The summed E-state index contributed by atoms with van der Waals surface area (Å²) in [7, 11) is 0. The lowest BCUT2D eigenvalue weighted by Crippen LogP contribution is -2.30. The van der Waals surface area contributed by atoms with E-state index in [2.05, 4.69) is 62.5 Å². The summed E-state index contributed by atoms with van der Waals surface area (Å²) in [6.45, 7) is 6.43. The van der Waals surface area contributed by atoms with Crippen molar-refractivity contribution in [3.8, 4) is 0 Å². The molecule has 2 aromatic rings. The third-order valence-electron chi connectivity index (χ3n) is 3.64. The van der Waals surface area contributed by atoms with Gasteiger partial charge in [0.15, 0.2) is 0 Å². The monoisotopic (exact) mass is 327 g/mol. The second-order valence-electron chi connectivity index (χ2n) is 6.26. The van der Waals surface area contributed by atoms with Gasteiger partial charge in [0.1, 0.15) is 0 Å². The maximum atomic E-state index is 12.3. The highest BCUT2D eigenvalue weighted by molar-refractivity contribution is 8.00. The zero-order valence-corrected chi connectivity index (χ0v) is 14.9. The number of hydrogen-bond acceptors (Lipinski definition) is 2. The number of aryl methyl sites for hydroxylation is 1. The molecule has 0 radical (unpaired) electrons. The van der Waals surface area contributed by atoms with E-state index in [-0.39, 0.29) is 11.9 Å². The number of hydrogen-bond donors (Lipinski definition) is 1. The van der Waals surface area contributed by atoms with Gasteiger partial charge in [0.25, 0.3) is 0 Å². The number of amides is 1. The number of benzene rings is 2. The van der Waals surface area contributed by atoms with Gasteiger partial charge < -0.3 is 5.32 Å². The Morgan fingerprint density at radius 3 is 2.30 bits per heavy atom. The second-order valence-corrected chi connectivity index (χ2v) is 7.31. The zero-order chi connectivity index (χ0) is 16.7. The van der Waals surface area contributed by atoms with Gasteiger partial charge in [-0.25, -0.2) is 0 Å². The molecule has 2 rings (SSSR count). The predicted octanol–water partition coefficient (Wildman–Crippen LogP) is 4.99. The van der Waals surface area contributed by atoms with Gasteiger partial charge in [-0.2, -0.15) is 0 Å². The molecule has 0 unspecified atom stereocenters. The molecule has 0 aliphatic carbocycles. The van der Waals surface area contributed by atoms with Gasteiger partial charge in [-0.05, 0) is 37.0 Å². The number of carbonyl (C=O) groups excluding carboxylic acids is 1. The van der Waals surface area contributed by atoms with E-state index < -0.39 is 0 Å². The van der Waals surface area contributed by atoms with E-state index in [1.165, 1.54) is 11.1 Å². The largest absolute Gasteiger partial charge is 0.349 e. The molecular formula is C20H25NOS. The van der Waals surface area contributed by atoms with Gasteiger partial charge >= 0.3 is 0 Å². The molecule has 2 nitrogen and oxygen atoms in total. The van der Waals surface area contributed by atoms with Crippen LogP contribution in [0.5, 0.6) is 0 Å². The van der Waals surface area contributed by atoms with Crippen LogP contribution in [0.15, 0.2) is 59.5 Å². The maximum Gasteiger partial charge on any atom is 0.230 e. The summed E-state index contributed by atoms with van der Waals surface area (Å²) in [5, 5.41) is 3.19. The fraction of sp³-hybridized carbons (Fsp3) is 0.350. The van der Waals surface area contributed by atoms with E-state index in [9.17, 15) is 4.79 Å². The van der Waals surface area contributed by atoms with Gasteiger partial charge in [0.05, 0.1) is 11.8 Å². The van der Waals surface area contributed by atoms with Crippen LogP contribution >= 0.6 is 11.8 Å². The summed E-state index contributed by atoms with van der Waals surface area (Å²) in [4.78, 5) is 13.4. The summed E-state index contributed by atoms with van der Waals surface area (Å²) >= 11 is 1.58. The first-order valence-electron chi connectivity index (χ1n) is 8.08. The molecule has 23 heavy (non-hydrogen) atoms. The topological polar surface area (TPSA) is 29.1 Å². The van der Waals surface area contributed by atoms with Gasteiger partial charge in [-0.3, -0.25) is 4.79 Å². The average molecular weight is 327 g/mol. The molecule has 2 aromatic carbocycles. The molecule has 3 heteroatoms. The SMILES string of the molecule is Cc1ccc(SCC(=O)N[C@@H](CC(C)C)c2ccccc2)cc1. The third-order valence-corrected chi connectivity index (χ3v) is 4.65. The Bertz CT molecular complexity index is 607. The molecule has 0 heterocycles. The summed E-state index contributed by atoms with van der Waals surface area (Å²) in [5.41, 5.74) is 2.41. The highest BCUT2D eigenvalue weighted by Crippen LogP contribution is 2.22. The van der Waals surface area contributed by atoms with Crippen LogP contribution in [-0.4, -0.2) is 11.7 Å². The molecule has 1 atom stereocenters. The minimum absolute atomic E-state index is 0.0855. The van der Waals surface area contributed by atoms with Crippen molar-refractivity contribution in [2.75, 3.05) is 5.75 Å². The smallest absolute Gasteiger partial charge is 0.230 e. The summed E-state index contributed by atoms with van der Waals surface area (Å²) < 4.78 is 0. The van der Waals surface area contributed by atoms with Crippen molar-refractivity contribution in [3.05, 3.63) is 65.7 Å². The van der Waals surface area contributed by atoms with E-state index in [0.717, 1.165) is 11.3 Å². The summed E-state index contributed by atoms with van der Waals surface area (Å²) in [6.07, 6.45) is 0.949. The molecule has 1 amide bonds. The van der Waals surface area contributed by atoms with Crippen LogP contribution in [0.3, 0.4) is 0 Å². The van der Waals surface area contributed by atoms with Crippen LogP contribution in [-0.2, 0) is 4.79 Å².